The molecule has 0 N–H and O–H groups in total. The molecule has 0 saturated carbocycles. The highest BCUT2D eigenvalue weighted by Crippen LogP contribution is 2.18. The van der Waals surface area contributed by atoms with Crippen molar-refractivity contribution in [2.45, 2.75) is 6.61 Å². The van der Waals surface area contributed by atoms with Gasteiger partial charge in [-0.25, -0.2) is 0 Å². The molecule has 0 saturated heterocycles. The number of hydrogen-bond acceptors (Lipinski definition) is 1. The number of methoxy groups -OCH3 is 1. The van der Waals surface area contributed by atoms with Crippen LogP contribution in [0, 0.1) is 3.57 Å². The Balaban J connectivity index is 2.90. The topological polar surface area (TPSA) is 9.23 Å². The van der Waals surface area contributed by atoms with Crippen LogP contribution in [0.2, 0.25) is 5.02 Å². The first-order chi connectivity index (χ1) is 5.24. The van der Waals surface area contributed by atoms with Gasteiger partial charge < -0.3 is 4.74 Å². The fourth-order valence-corrected chi connectivity index (χ4v) is 1.82. The molecular weight excluding hydrogens is 274 g/mol. The van der Waals surface area contributed by atoms with Crippen molar-refractivity contribution in [2.75, 3.05) is 7.11 Å². The van der Waals surface area contributed by atoms with Gasteiger partial charge in [0.15, 0.2) is 0 Å². The van der Waals surface area contributed by atoms with Gasteiger partial charge >= 0.3 is 0 Å². The molecule has 1 aromatic carbocycles. The van der Waals surface area contributed by atoms with Gasteiger partial charge in [0.1, 0.15) is 0 Å². The summed E-state index contributed by atoms with van der Waals surface area (Å²) < 4.78 is 6.15. The number of benzene rings is 1. The highest BCUT2D eigenvalue weighted by molar-refractivity contribution is 14.1. The van der Waals surface area contributed by atoms with Gasteiger partial charge in [0.2, 0.25) is 0 Å². The van der Waals surface area contributed by atoms with Crippen molar-refractivity contribution in [1.82, 2.24) is 0 Å². The summed E-state index contributed by atoms with van der Waals surface area (Å²) in [5, 5.41) is 0.772. The zero-order chi connectivity index (χ0) is 8.27. The third kappa shape index (κ3) is 2.61. The van der Waals surface area contributed by atoms with E-state index in [0.717, 1.165) is 8.59 Å². The lowest BCUT2D eigenvalue weighted by Crippen LogP contribution is -1.90. The number of halogens is 2. The Hall–Kier alpha value is 0.200. The Morgan fingerprint density at radius 2 is 2.27 bits per heavy atom. The standard InChI is InChI=1S/C8H8ClIO/c1-11-5-6-2-3-7(9)4-8(6)10/h2-4H,5H2,1H3. The van der Waals surface area contributed by atoms with Crippen molar-refractivity contribution in [3.05, 3.63) is 32.4 Å². The van der Waals surface area contributed by atoms with Gasteiger partial charge in [0, 0.05) is 15.7 Å². The zero-order valence-corrected chi connectivity index (χ0v) is 9.02. The van der Waals surface area contributed by atoms with Crippen molar-refractivity contribution < 1.29 is 4.74 Å². The predicted octanol–water partition coefficient (Wildman–Crippen LogP) is 3.09. The highest BCUT2D eigenvalue weighted by atomic mass is 127. The molecule has 0 fully saturated rings. The van der Waals surface area contributed by atoms with Crippen LogP contribution < -0.4 is 0 Å². The van der Waals surface area contributed by atoms with Crippen LogP contribution in [0.15, 0.2) is 18.2 Å². The Bertz CT molecular complexity index is 250. The summed E-state index contributed by atoms with van der Waals surface area (Å²) in [7, 11) is 1.69. The van der Waals surface area contributed by atoms with E-state index in [1.807, 2.05) is 18.2 Å². The summed E-state index contributed by atoms with van der Waals surface area (Å²) in [6.07, 6.45) is 0. The van der Waals surface area contributed by atoms with E-state index in [1.165, 1.54) is 5.56 Å². The van der Waals surface area contributed by atoms with Crippen molar-refractivity contribution in [2.24, 2.45) is 0 Å². The van der Waals surface area contributed by atoms with Gasteiger partial charge in [0.25, 0.3) is 0 Å². The van der Waals surface area contributed by atoms with Gasteiger partial charge in [-0.2, -0.15) is 0 Å². The molecule has 60 valence electrons. The van der Waals surface area contributed by atoms with Gasteiger partial charge in [-0.15, -0.1) is 0 Å². The van der Waals surface area contributed by atoms with Gasteiger partial charge in [-0.3, -0.25) is 0 Å². The van der Waals surface area contributed by atoms with Crippen molar-refractivity contribution in [1.29, 1.82) is 0 Å². The Morgan fingerprint density at radius 3 is 2.82 bits per heavy atom. The molecule has 0 aliphatic rings. The Morgan fingerprint density at radius 1 is 1.55 bits per heavy atom. The molecule has 0 amide bonds. The summed E-state index contributed by atoms with van der Waals surface area (Å²) in [6.45, 7) is 0.648. The molecule has 0 heterocycles. The van der Waals surface area contributed by atoms with E-state index < -0.39 is 0 Å². The number of ether oxygens (including phenoxy) is 1. The first-order valence-electron chi connectivity index (χ1n) is 3.17. The van der Waals surface area contributed by atoms with Crippen LogP contribution in [-0.4, -0.2) is 7.11 Å². The maximum Gasteiger partial charge on any atom is 0.0723 e. The summed E-state index contributed by atoms with van der Waals surface area (Å²) in [5.74, 6) is 0. The second-order valence-corrected chi connectivity index (χ2v) is 3.77. The molecule has 0 aliphatic heterocycles. The van der Waals surface area contributed by atoms with Crippen LogP contribution in [0.5, 0.6) is 0 Å². The van der Waals surface area contributed by atoms with E-state index in [-0.39, 0.29) is 0 Å². The molecule has 11 heavy (non-hydrogen) atoms. The largest absolute Gasteiger partial charge is 0.380 e. The average molecular weight is 283 g/mol. The normalized spacial score (nSPS) is 10.1. The molecule has 0 spiro atoms. The molecule has 0 aliphatic carbocycles. The van der Waals surface area contributed by atoms with Crippen LogP contribution >= 0.6 is 34.2 Å². The van der Waals surface area contributed by atoms with Crippen LogP contribution in [0.25, 0.3) is 0 Å². The summed E-state index contributed by atoms with van der Waals surface area (Å²) in [4.78, 5) is 0. The molecule has 0 atom stereocenters. The van der Waals surface area contributed by atoms with Gasteiger partial charge in [0.05, 0.1) is 6.61 Å². The van der Waals surface area contributed by atoms with E-state index in [0.29, 0.717) is 6.61 Å². The smallest absolute Gasteiger partial charge is 0.0723 e. The minimum absolute atomic E-state index is 0.648. The van der Waals surface area contributed by atoms with Crippen molar-refractivity contribution >= 4 is 34.2 Å². The molecule has 0 radical (unpaired) electrons. The lowest BCUT2D eigenvalue weighted by molar-refractivity contribution is 0.184. The van der Waals surface area contributed by atoms with E-state index in [4.69, 9.17) is 16.3 Å². The molecule has 0 unspecified atom stereocenters. The van der Waals surface area contributed by atoms with E-state index in [9.17, 15) is 0 Å². The maximum atomic E-state index is 5.77. The quantitative estimate of drug-likeness (QED) is 0.758. The monoisotopic (exact) mass is 282 g/mol. The van der Waals surface area contributed by atoms with Crippen LogP contribution in [0.4, 0.5) is 0 Å². The van der Waals surface area contributed by atoms with Crippen molar-refractivity contribution in [3.63, 3.8) is 0 Å². The van der Waals surface area contributed by atoms with E-state index in [1.54, 1.807) is 7.11 Å². The summed E-state index contributed by atoms with van der Waals surface area (Å²) in [6, 6.07) is 5.78. The maximum absolute atomic E-state index is 5.77. The average Bonchev–Trinajstić information content (AvgIpc) is 1.95. The SMILES string of the molecule is COCc1ccc(Cl)cc1I. The minimum Gasteiger partial charge on any atom is -0.380 e. The molecule has 0 aromatic heterocycles. The lowest BCUT2D eigenvalue weighted by Gasteiger charge is -2.02. The molecule has 1 rings (SSSR count). The van der Waals surface area contributed by atoms with E-state index >= 15 is 0 Å². The van der Waals surface area contributed by atoms with Gasteiger partial charge in [-0.1, -0.05) is 17.7 Å². The molecule has 1 nitrogen and oxygen atoms in total. The Labute approximate surface area is 84.8 Å². The van der Waals surface area contributed by atoms with Crippen LogP contribution in [0.1, 0.15) is 5.56 Å². The fraction of sp³-hybridized carbons (Fsp3) is 0.250. The second kappa shape index (κ2) is 4.28. The van der Waals surface area contributed by atoms with Crippen LogP contribution in [0.3, 0.4) is 0 Å². The summed E-state index contributed by atoms with van der Waals surface area (Å²) >= 11 is 8.02. The van der Waals surface area contributed by atoms with E-state index in [2.05, 4.69) is 22.6 Å². The molecular formula is C8H8ClIO. The first kappa shape index (κ1) is 9.29. The lowest BCUT2D eigenvalue weighted by atomic mass is 10.2. The molecule has 0 bridgehead atoms. The molecule has 3 heteroatoms. The Kier molecular flexibility index (Phi) is 3.62. The predicted molar refractivity (Wildman–Crippen MR) is 54.9 cm³/mol. The number of rotatable bonds is 2. The fourth-order valence-electron chi connectivity index (χ4n) is 0.794. The third-order valence-corrected chi connectivity index (χ3v) is 2.55. The highest BCUT2D eigenvalue weighted by Gasteiger charge is 1.98. The minimum atomic E-state index is 0.648. The zero-order valence-electron chi connectivity index (χ0n) is 6.10. The third-order valence-electron chi connectivity index (χ3n) is 1.31. The second-order valence-electron chi connectivity index (χ2n) is 2.17. The van der Waals surface area contributed by atoms with Crippen molar-refractivity contribution in [3.8, 4) is 0 Å². The summed E-state index contributed by atoms with van der Waals surface area (Å²) in [5.41, 5.74) is 1.18. The van der Waals surface area contributed by atoms with Gasteiger partial charge in [-0.05, 0) is 40.3 Å². The first-order valence-corrected chi connectivity index (χ1v) is 4.62. The van der Waals surface area contributed by atoms with Crippen LogP contribution in [-0.2, 0) is 11.3 Å². The number of hydrogen-bond donors (Lipinski definition) is 0. The molecule has 1 aromatic rings.